The van der Waals surface area contributed by atoms with E-state index in [0.717, 1.165) is 0 Å². The Morgan fingerprint density at radius 3 is 2.44 bits per heavy atom. The third kappa shape index (κ3) is 3.77. The SMILES string of the molecule is CC(=O)Nc1ccc(N2N=C(C)[C@H](N=Nc3ccccc3)C2=O)cc1. The lowest BCUT2D eigenvalue weighted by atomic mass is 10.2. The first kappa shape index (κ1) is 16.5. The number of nitrogens with one attached hydrogen (secondary N) is 1. The first-order valence-electron chi connectivity index (χ1n) is 7.77. The highest BCUT2D eigenvalue weighted by Crippen LogP contribution is 2.24. The van der Waals surface area contributed by atoms with Crippen LogP contribution < -0.4 is 10.3 Å². The minimum absolute atomic E-state index is 0.153. The maximum absolute atomic E-state index is 12.6. The molecule has 2 amide bonds. The molecule has 0 saturated carbocycles. The lowest BCUT2D eigenvalue weighted by Gasteiger charge is -2.13. The predicted molar refractivity (Wildman–Crippen MR) is 96.1 cm³/mol. The van der Waals surface area contributed by atoms with Gasteiger partial charge in [-0.2, -0.15) is 20.3 Å². The van der Waals surface area contributed by atoms with E-state index in [1.165, 1.54) is 11.9 Å². The standard InChI is InChI=1S/C18H17N5O2/c1-12-17(21-20-15-6-4-3-5-7-15)18(25)23(22-12)16-10-8-14(9-11-16)19-13(2)24/h3-11,17H,1-2H3,(H,19,24)/t17-/m0/s1. The summed E-state index contributed by atoms with van der Waals surface area (Å²) >= 11 is 0. The highest BCUT2D eigenvalue weighted by molar-refractivity contribution is 6.18. The van der Waals surface area contributed by atoms with Gasteiger partial charge < -0.3 is 5.32 Å². The second-order valence-electron chi connectivity index (χ2n) is 5.57. The van der Waals surface area contributed by atoms with Crippen LogP contribution in [0.2, 0.25) is 0 Å². The lowest BCUT2D eigenvalue weighted by Crippen LogP contribution is -2.29. The van der Waals surface area contributed by atoms with Crippen LogP contribution in [0.5, 0.6) is 0 Å². The molecule has 7 heteroatoms. The number of carbonyl (C=O) groups excluding carboxylic acids is 2. The van der Waals surface area contributed by atoms with Gasteiger partial charge in [-0.1, -0.05) is 18.2 Å². The van der Waals surface area contributed by atoms with Crippen molar-refractivity contribution in [3.05, 3.63) is 54.6 Å². The van der Waals surface area contributed by atoms with Gasteiger partial charge in [0.05, 0.1) is 17.1 Å². The van der Waals surface area contributed by atoms with E-state index in [0.29, 0.717) is 22.8 Å². The zero-order valence-corrected chi connectivity index (χ0v) is 13.9. The van der Waals surface area contributed by atoms with Gasteiger partial charge in [0.2, 0.25) is 5.91 Å². The van der Waals surface area contributed by atoms with Crippen molar-refractivity contribution in [3.63, 3.8) is 0 Å². The molecule has 3 rings (SSSR count). The summed E-state index contributed by atoms with van der Waals surface area (Å²) in [6.07, 6.45) is 0. The summed E-state index contributed by atoms with van der Waals surface area (Å²) in [5.41, 5.74) is 2.52. The molecule has 0 saturated heterocycles. The summed E-state index contributed by atoms with van der Waals surface area (Å²) in [5, 5.41) is 16.5. The van der Waals surface area contributed by atoms with E-state index in [1.54, 1.807) is 31.2 Å². The highest BCUT2D eigenvalue weighted by atomic mass is 16.2. The molecule has 1 heterocycles. The molecule has 25 heavy (non-hydrogen) atoms. The molecule has 0 bridgehead atoms. The number of azo groups is 1. The monoisotopic (exact) mass is 335 g/mol. The number of carbonyl (C=O) groups is 2. The quantitative estimate of drug-likeness (QED) is 0.867. The van der Waals surface area contributed by atoms with Crippen LogP contribution in [0.15, 0.2) is 69.9 Å². The van der Waals surface area contributed by atoms with Crippen LogP contribution in [0.25, 0.3) is 0 Å². The summed E-state index contributed by atoms with van der Waals surface area (Å²) < 4.78 is 0. The van der Waals surface area contributed by atoms with Crippen molar-refractivity contribution >= 4 is 34.6 Å². The van der Waals surface area contributed by atoms with E-state index >= 15 is 0 Å². The van der Waals surface area contributed by atoms with E-state index in [9.17, 15) is 9.59 Å². The zero-order chi connectivity index (χ0) is 17.8. The van der Waals surface area contributed by atoms with Crippen LogP contribution in [0.1, 0.15) is 13.8 Å². The van der Waals surface area contributed by atoms with Gasteiger partial charge in [-0.3, -0.25) is 9.59 Å². The average molecular weight is 335 g/mol. The molecule has 1 N–H and O–H groups in total. The number of amides is 2. The molecule has 0 spiro atoms. The molecule has 2 aromatic rings. The van der Waals surface area contributed by atoms with Gasteiger partial charge in [-0.25, -0.2) is 0 Å². The fourth-order valence-electron chi connectivity index (χ4n) is 2.38. The maximum atomic E-state index is 12.6. The Bertz CT molecular complexity index is 844. The predicted octanol–water partition coefficient (Wildman–Crippen LogP) is 3.52. The van der Waals surface area contributed by atoms with Crippen molar-refractivity contribution in [1.29, 1.82) is 0 Å². The fraction of sp³-hybridized carbons (Fsp3) is 0.167. The minimum atomic E-state index is -0.727. The normalized spacial score (nSPS) is 17.0. The average Bonchev–Trinajstić information content (AvgIpc) is 2.88. The largest absolute Gasteiger partial charge is 0.326 e. The Kier molecular flexibility index (Phi) is 4.65. The van der Waals surface area contributed by atoms with Gasteiger partial charge in [0.15, 0.2) is 6.04 Å². The summed E-state index contributed by atoms with van der Waals surface area (Å²) in [7, 11) is 0. The van der Waals surface area contributed by atoms with Crippen LogP contribution in [0.3, 0.4) is 0 Å². The van der Waals surface area contributed by atoms with E-state index in [4.69, 9.17) is 0 Å². The Morgan fingerprint density at radius 2 is 1.80 bits per heavy atom. The third-order valence-corrected chi connectivity index (χ3v) is 3.57. The second kappa shape index (κ2) is 7.04. The Balaban J connectivity index is 1.76. The molecule has 1 atom stereocenters. The number of nitrogens with zero attached hydrogens (tertiary/aromatic N) is 4. The number of hydrogen-bond donors (Lipinski definition) is 1. The molecule has 0 unspecified atom stereocenters. The molecule has 1 aliphatic heterocycles. The van der Waals surface area contributed by atoms with Gasteiger partial charge >= 0.3 is 0 Å². The van der Waals surface area contributed by atoms with Gasteiger partial charge in [0, 0.05) is 12.6 Å². The summed E-state index contributed by atoms with van der Waals surface area (Å²) in [6.45, 7) is 3.19. The van der Waals surface area contributed by atoms with Crippen LogP contribution in [0.4, 0.5) is 17.1 Å². The Morgan fingerprint density at radius 1 is 1.12 bits per heavy atom. The molecule has 0 radical (unpaired) electrons. The van der Waals surface area contributed by atoms with Gasteiger partial charge in [0.25, 0.3) is 5.91 Å². The Hall–Kier alpha value is -3.35. The molecule has 1 aliphatic rings. The molecule has 0 aromatic heterocycles. The van der Waals surface area contributed by atoms with Crippen molar-refractivity contribution in [2.45, 2.75) is 19.9 Å². The molecule has 0 fully saturated rings. The second-order valence-corrected chi connectivity index (χ2v) is 5.57. The van der Waals surface area contributed by atoms with Crippen LogP contribution >= 0.6 is 0 Å². The third-order valence-electron chi connectivity index (χ3n) is 3.57. The molecule has 0 aliphatic carbocycles. The highest BCUT2D eigenvalue weighted by Gasteiger charge is 2.34. The first-order chi connectivity index (χ1) is 12.0. The summed E-state index contributed by atoms with van der Waals surface area (Å²) in [5.74, 6) is -0.412. The van der Waals surface area contributed by atoms with Crippen LogP contribution in [0, 0.1) is 0 Å². The zero-order valence-electron chi connectivity index (χ0n) is 13.9. The maximum Gasteiger partial charge on any atom is 0.280 e. The number of rotatable bonds is 4. The number of benzene rings is 2. The summed E-state index contributed by atoms with van der Waals surface area (Å²) in [4.78, 5) is 23.6. The topological polar surface area (TPSA) is 86.5 Å². The van der Waals surface area contributed by atoms with Crippen molar-refractivity contribution in [2.75, 3.05) is 10.3 Å². The number of anilines is 2. The van der Waals surface area contributed by atoms with Crippen LogP contribution in [-0.4, -0.2) is 23.6 Å². The molecule has 126 valence electrons. The molecular weight excluding hydrogens is 318 g/mol. The molecule has 2 aromatic carbocycles. The van der Waals surface area contributed by atoms with Gasteiger partial charge in [-0.15, -0.1) is 0 Å². The molecular formula is C18H17N5O2. The smallest absolute Gasteiger partial charge is 0.280 e. The first-order valence-corrected chi connectivity index (χ1v) is 7.77. The van der Waals surface area contributed by atoms with E-state index in [-0.39, 0.29) is 11.8 Å². The van der Waals surface area contributed by atoms with Gasteiger partial charge in [0.1, 0.15) is 0 Å². The number of hydrazone groups is 1. The van der Waals surface area contributed by atoms with Crippen LogP contribution in [-0.2, 0) is 9.59 Å². The minimum Gasteiger partial charge on any atom is -0.326 e. The van der Waals surface area contributed by atoms with E-state index in [2.05, 4.69) is 20.6 Å². The van der Waals surface area contributed by atoms with Crippen molar-refractivity contribution in [3.8, 4) is 0 Å². The van der Waals surface area contributed by atoms with Gasteiger partial charge in [-0.05, 0) is 43.3 Å². The van der Waals surface area contributed by atoms with Crippen molar-refractivity contribution in [1.82, 2.24) is 0 Å². The van der Waals surface area contributed by atoms with Crippen molar-refractivity contribution in [2.24, 2.45) is 15.3 Å². The Labute approximate surface area is 145 Å². The van der Waals surface area contributed by atoms with Crippen molar-refractivity contribution < 1.29 is 9.59 Å². The molecule has 7 nitrogen and oxygen atoms in total. The summed E-state index contributed by atoms with van der Waals surface area (Å²) in [6, 6.07) is 15.4. The lowest BCUT2D eigenvalue weighted by molar-refractivity contribution is -0.118. The van der Waals surface area contributed by atoms with E-state index in [1.807, 2.05) is 30.3 Å². The van der Waals surface area contributed by atoms with E-state index < -0.39 is 6.04 Å². The fourth-order valence-corrected chi connectivity index (χ4v) is 2.38. The number of hydrogen-bond acceptors (Lipinski definition) is 5.